The van der Waals surface area contributed by atoms with Gasteiger partial charge in [0.05, 0.1) is 11.6 Å². The molecule has 1 amide bonds. The summed E-state index contributed by atoms with van der Waals surface area (Å²) >= 11 is 0. The van der Waals surface area contributed by atoms with Crippen molar-refractivity contribution in [2.45, 2.75) is 46.3 Å². The predicted octanol–water partition coefficient (Wildman–Crippen LogP) is 3.88. The molecule has 7 nitrogen and oxygen atoms in total. The molecule has 0 unspecified atom stereocenters. The van der Waals surface area contributed by atoms with Gasteiger partial charge in [-0.3, -0.25) is 9.59 Å². The zero-order valence-corrected chi connectivity index (χ0v) is 18.3. The number of amides is 1. The van der Waals surface area contributed by atoms with Crippen molar-refractivity contribution in [1.82, 2.24) is 5.32 Å². The minimum atomic E-state index is -1.05. The third-order valence-corrected chi connectivity index (χ3v) is 4.99. The summed E-state index contributed by atoms with van der Waals surface area (Å²) in [6.07, 6.45) is -1.05. The van der Waals surface area contributed by atoms with Gasteiger partial charge < -0.3 is 14.8 Å². The van der Waals surface area contributed by atoms with Crippen LogP contribution >= 0.6 is 0 Å². The lowest BCUT2D eigenvalue weighted by atomic mass is 9.90. The third kappa shape index (κ3) is 6.16. The lowest BCUT2D eigenvalue weighted by Gasteiger charge is -2.28. The normalized spacial score (nSPS) is 13.5. The van der Waals surface area contributed by atoms with Crippen molar-refractivity contribution in [2.75, 3.05) is 0 Å². The molecule has 31 heavy (non-hydrogen) atoms. The van der Waals surface area contributed by atoms with Crippen molar-refractivity contribution in [3.05, 3.63) is 54.1 Å². The van der Waals surface area contributed by atoms with Gasteiger partial charge in [0, 0.05) is 6.92 Å². The number of nitrogens with zero attached hydrogens (tertiary/aromatic N) is 1. The number of nitriles is 1. The van der Waals surface area contributed by atoms with Crippen LogP contribution in [-0.4, -0.2) is 29.5 Å². The molecule has 7 heteroatoms. The Morgan fingerprint density at radius 2 is 1.48 bits per heavy atom. The molecule has 0 bridgehead atoms. The summed E-state index contributed by atoms with van der Waals surface area (Å²) in [7, 11) is 0. The van der Waals surface area contributed by atoms with E-state index in [1.807, 2.05) is 13.8 Å². The van der Waals surface area contributed by atoms with E-state index in [9.17, 15) is 19.6 Å². The van der Waals surface area contributed by atoms with Gasteiger partial charge in [0.2, 0.25) is 0 Å². The topological polar surface area (TPSA) is 105 Å². The van der Waals surface area contributed by atoms with E-state index in [1.54, 1.807) is 55.5 Å². The summed E-state index contributed by atoms with van der Waals surface area (Å²) in [5.41, 5.74) is 0.989. The van der Waals surface area contributed by atoms with Crippen LogP contribution in [0.15, 0.2) is 48.5 Å². The monoisotopic (exact) mass is 422 g/mol. The smallest absolute Gasteiger partial charge is 0.338 e. The maximum Gasteiger partial charge on any atom is 0.338 e. The molecular formula is C24H26N2O5. The van der Waals surface area contributed by atoms with E-state index >= 15 is 0 Å². The van der Waals surface area contributed by atoms with E-state index in [4.69, 9.17) is 9.47 Å². The molecule has 0 fully saturated rings. The highest BCUT2D eigenvalue weighted by atomic mass is 16.5. The maximum absolute atomic E-state index is 12.4. The zero-order valence-electron chi connectivity index (χ0n) is 18.3. The van der Waals surface area contributed by atoms with Crippen molar-refractivity contribution in [1.29, 1.82) is 5.26 Å². The Kier molecular flexibility index (Phi) is 7.54. The molecule has 162 valence electrons. The molecular weight excluding hydrogens is 396 g/mol. The van der Waals surface area contributed by atoms with Gasteiger partial charge in [-0.05, 0) is 55.2 Å². The van der Waals surface area contributed by atoms with Gasteiger partial charge in [0.25, 0.3) is 5.91 Å². The maximum atomic E-state index is 12.4. The molecule has 0 radical (unpaired) electrons. The summed E-state index contributed by atoms with van der Waals surface area (Å²) in [5.74, 6) is -1.22. The van der Waals surface area contributed by atoms with E-state index < -0.39 is 23.5 Å². The Morgan fingerprint density at radius 1 is 0.968 bits per heavy atom. The minimum Gasteiger partial charge on any atom is -0.449 e. The molecule has 0 saturated heterocycles. The van der Waals surface area contributed by atoms with Gasteiger partial charge in [0.15, 0.2) is 6.10 Å². The van der Waals surface area contributed by atoms with Crippen molar-refractivity contribution >= 4 is 17.8 Å². The average Bonchev–Trinajstić information content (AvgIpc) is 2.73. The molecule has 0 spiro atoms. The summed E-state index contributed by atoms with van der Waals surface area (Å²) < 4.78 is 10.3. The SMILES string of the molecule is CC(=O)Oc1ccc(-c2ccc(C(=O)O[C@@H](C)C(=O)N[C@@](C)(C#N)C(C)C)cc2)cc1. The van der Waals surface area contributed by atoms with Crippen molar-refractivity contribution < 1.29 is 23.9 Å². The Hall–Kier alpha value is -3.66. The Balaban J connectivity index is 2.02. The first-order valence-electron chi connectivity index (χ1n) is 9.89. The lowest BCUT2D eigenvalue weighted by molar-refractivity contribution is -0.132. The molecule has 2 atom stereocenters. The summed E-state index contributed by atoms with van der Waals surface area (Å²) in [6.45, 7) is 8.08. The van der Waals surface area contributed by atoms with Crippen LogP contribution in [0.25, 0.3) is 11.1 Å². The van der Waals surface area contributed by atoms with Crippen molar-refractivity contribution in [2.24, 2.45) is 5.92 Å². The van der Waals surface area contributed by atoms with Gasteiger partial charge in [-0.2, -0.15) is 5.26 Å². The number of carbonyl (C=O) groups is 3. The molecule has 2 aromatic carbocycles. The number of hydrogen-bond acceptors (Lipinski definition) is 6. The van der Waals surface area contributed by atoms with Crippen LogP contribution in [-0.2, 0) is 14.3 Å². The van der Waals surface area contributed by atoms with Gasteiger partial charge in [-0.1, -0.05) is 38.1 Å². The second kappa shape index (κ2) is 9.90. The molecule has 0 aliphatic carbocycles. The van der Waals surface area contributed by atoms with Crippen LogP contribution in [0.2, 0.25) is 0 Å². The van der Waals surface area contributed by atoms with Gasteiger partial charge >= 0.3 is 11.9 Å². The highest BCUT2D eigenvalue weighted by molar-refractivity contribution is 5.93. The number of benzene rings is 2. The third-order valence-electron chi connectivity index (χ3n) is 4.99. The average molecular weight is 422 g/mol. The quantitative estimate of drug-likeness (QED) is 0.536. The van der Waals surface area contributed by atoms with Crippen molar-refractivity contribution in [3.63, 3.8) is 0 Å². The molecule has 0 aliphatic rings. The molecule has 1 N–H and O–H groups in total. The van der Waals surface area contributed by atoms with Gasteiger partial charge in [-0.25, -0.2) is 4.79 Å². The highest BCUT2D eigenvalue weighted by Gasteiger charge is 2.32. The molecule has 2 aromatic rings. The zero-order chi connectivity index (χ0) is 23.2. The number of nitrogens with one attached hydrogen (secondary N) is 1. The summed E-state index contributed by atoms with van der Waals surface area (Å²) in [4.78, 5) is 35.8. The number of esters is 2. The molecule has 2 rings (SSSR count). The standard InChI is InChI=1S/C24H26N2O5/c1-15(2)24(5,14-25)26-22(28)16(3)30-23(29)20-8-6-18(7-9-20)19-10-12-21(13-11-19)31-17(4)27/h6-13,15-16H,1-5H3,(H,26,28)/t16-,24-/m0/s1. The Bertz CT molecular complexity index is 990. The number of hydrogen-bond donors (Lipinski definition) is 1. The summed E-state index contributed by atoms with van der Waals surface area (Å²) in [6, 6.07) is 15.8. The first-order valence-corrected chi connectivity index (χ1v) is 9.89. The first-order chi connectivity index (χ1) is 14.6. The fourth-order valence-electron chi connectivity index (χ4n) is 2.62. The summed E-state index contributed by atoms with van der Waals surface area (Å²) in [5, 5.41) is 12.0. The van der Waals surface area contributed by atoms with E-state index in [2.05, 4.69) is 11.4 Å². The van der Waals surface area contributed by atoms with Crippen LogP contribution < -0.4 is 10.1 Å². The Morgan fingerprint density at radius 3 is 1.94 bits per heavy atom. The fourth-order valence-corrected chi connectivity index (χ4v) is 2.62. The largest absolute Gasteiger partial charge is 0.449 e. The lowest BCUT2D eigenvalue weighted by Crippen LogP contribution is -2.52. The van der Waals surface area contributed by atoms with E-state index in [0.717, 1.165) is 11.1 Å². The predicted molar refractivity (Wildman–Crippen MR) is 115 cm³/mol. The molecule has 0 heterocycles. The van der Waals surface area contributed by atoms with E-state index in [0.29, 0.717) is 11.3 Å². The van der Waals surface area contributed by atoms with Crippen LogP contribution in [0.4, 0.5) is 0 Å². The number of carbonyl (C=O) groups excluding carboxylic acids is 3. The molecule has 0 saturated carbocycles. The van der Waals surface area contributed by atoms with Crippen LogP contribution in [0, 0.1) is 17.2 Å². The van der Waals surface area contributed by atoms with Crippen LogP contribution in [0.5, 0.6) is 5.75 Å². The second-order valence-corrected chi connectivity index (χ2v) is 7.70. The van der Waals surface area contributed by atoms with Crippen molar-refractivity contribution in [3.8, 4) is 22.9 Å². The fraction of sp³-hybridized carbons (Fsp3) is 0.333. The van der Waals surface area contributed by atoms with E-state index in [-0.39, 0.29) is 11.9 Å². The number of ether oxygens (including phenoxy) is 2. The van der Waals surface area contributed by atoms with Gasteiger partial charge in [-0.15, -0.1) is 0 Å². The van der Waals surface area contributed by atoms with E-state index in [1.165, 1.54) is 13.8 Å². The second-order valence-electron chi connectivity index (χ2n) is 7.70. The first kappa shape index (κ1) is 23.6. The Labute approximate surface area is 182 Å². The molecule has 0 aliphatic heterocycles. The van der Waals surface area contributed by atoms with Crippen LogP contribution in [0.1, 0.15) is 45.0 Å². The highest BCUT2D eigenvalue weighted by Crippen LogP contribution is 2.23. The number of rotatable bonds is 7. The minimum absolute atomic E-state index is 0.111. The van der Waals surface area contributed by atoms with Gasteiger partial charge in [0.1, 0.15) is 11.3 Å². The van der Waals surface area contributed by atoms with Crippen LogP contribution in [0.3, 0.4) is 0 Å². The molecule has 0 aromatic heterocycles.